The van der Waals surface area contributed by atoms with Gasteiger partial charge in [0.1, 0.15) is 0 Å². The molecule has 0 N–H and O–H groups in total. The van der Waals surface area contributed by atoms with Crippen LogP contribution in [-0.4, -0.2) is 5.97 Å². The Bertz CT molecular complexity index is 141. The molecule has 58 valence electrons. The standard InChI is InChI=1S/C8H14O2.K/c1-3-5-6-7(4-2)8(9)10;/h6H,3-5H2,1-2H3,(H,9,10);/q;+1/p-1. The molecule has 0 heterocycles. The molecular formula is C8H13KO2. The van der Waals surface area contributed by atoms with E-state index in [-0.39, 0.29) is 51.4 Å². The van der Waals surface area contributed by atoms with Crippen LogP contribution in [0.15, 0.2) is 11.6 Å². The molecular weight excluding hydrogens is 167 g/mol. The molecule has 0 spiro atoms. The number of hydrogen-bond acceptors (Lipinski definition) is 2. The maximum Gasteiger partial charge on any atom is 1.00 e. The van der Waals surface area contributed by atoms with Crippen LogP contribution < -0.4 is 56.5 Å². The predicted octanol–water partition coefficient (Wildman–Crippen LogP) is -2.12. The van der Waals surface area contributed by atoms with Gasteiger partial charge in [-0.25, -0.2) is 0 Å². The molecule has 0 atom stereocenters. The molecule has 0 fully saturated rings. The van der Waals surface area contributed by atoms with Crippen molar-refractivity contribution in [2.45, 2.75) is 33.1 Å². The van der Waals surface area contributed by atoms with Crippen molar-refractivity contribution >= 4 is 5.97 Å². The maximum absolute atomic E-state index is 10.3. The van der Waals surface area contributed by atoms with Crippen LogP contribution in [0.1, 0.15) is 33.1 Å². The quantitative estimate of drug-likeness (QED) is 0.366. The average molecular weight is 180 g/mol. The molecule has 3 heteroatoms. The first-order valence-corrected chi connectivity index (χ1v) is 3.62. The number of carbonyl (C=O) groups excluding carboxylic acids is 1. The van der Waals surface area contributed by atoms with Crippen molar-refractivity contribution in [3.63, 3.8) is 0 Å². The van der Waals surface area contributed by atoms with Gasteiger partial charge in [-0.2, -0.15) is 0 Å². The van der Waals surface area contributed by atoms with Crippen molar-refractivity contribution < 1.29 is 61.3 Å². The van der Waals surface area contributed by atoms with Crippen molar-refractivity contribution in [2.24, 2.45) is 0 Å². The molecule has 0 aromatic heterocycles. The van der Waals surface area contributed by atoms with Gasteiger partial charge in [-0.15, -0.1) is 0 Å². The topological polar surface area (TPSA) is 40.1 Å². The number of carboxylic acid groups (broad SMARTS) is 1. The summed E-state index contributed by atoms with van der Waals surface area (Å²) in [7, 11) is 0. The molecule has 0 saturated carbocycles. The van der Waals surface area contributed by atoms with E-state index < -0.39 is 5.97 Å². The molecule has 0 amide bonds. The van der Waals surface area contributed by atoms with Crippen LogP contribution in [0.5, 0.6) is 0 Å². The van der Waals surface area contributed by atoms with Gasteiger partial charge < -0.3 is 9.90 Å². The Morgan fingerprint density at radius 1 is 1.45 bits per heavy atom. The normalized spacial score (nSPS) is 10.5. The largest absolute Gasteiger partial charge is 1.00 e. The molecule has 11 heavy (non-hydrogen) atoms. The van der Waals surface area contributed by atoms with Gasteiger partial charge in [-0.1, -0.05) is 26.3 Å². The molecule has 0 bridgehead atoms. The van der Waals surface area contributed by atoms with Gasteiger partial charge in [0.25, 0.3) is 0 Å². The summed E-state index contributed by atoms with van der Waals surface area (Å²) in [6.07, 6.45) is 4.10. The third kappa shape index (κ3) is 7.22. The van der Waals surface area contributed by atoms with Crippen LogP contribution in [0.2, 0.25) is 0 Å². The Morgan fingerprint density at radius 3 is 2.27 bits per heavy atom. The van der Waals surface area contributed by atoms with Crippen LogP contribution in [0.25, 0.3) is 0 Å². The van der Waals surface area contributed by atoms with Gasteiger partial charge in [-0.05, 0) is 18.4 Å². The van der Waals surface area contributed by atoms with Crippen LogP contribution in [0.3, 0.4) is 0 Å². The number of carbonyl (C=O) groups is 1. The number of allylic oxidation sites excluding steroid dienone is 1. The fraction of sp³-hybridized carbons (Fsp3) is 0.625. The zero-order chi connectivity index (χ0) is 7.98. The molecule has 0 aliphatic rings. The number of aliphatic carboxylic acids is 1. The molecule has 0 aliphatic heterocycles. The summed E-state index contributed by atoms with van der Waals surface area (Å²) in [5, 5.41) is 10.3. The molecule has 0 rings (SSSR count). The van der Waals surface area contributed by atoms with Gasteiger partial charge in [0.05, 0.1) is 5.97 Å². The summed E-state index contributed by atoms with van der Waals surface area (Å²) in [6.45, 7) is 3.83. The minimum Gasteiger partial charge on any atom is -0.545 e. The van der Waals surface area contributed by atoms with Crippen molar-refractivity contribution in [1.82, 2.24) is 0 Å². The van der Waals surface area contributed by atoms with Gasteiger partial charge in [0.2, 0.25) is 0 Å². The third-order valence-electron chi connectivity index (χ3n) is 1.32. The van der Waals surface area contributed by atoms with Crippen molar-refractivity contribution in [2.75, 3.05) is 0 Å². The van der Waals surface area contributed by atoms with Crippen LogP contribution in [-0.2, 0) is 4.79 Å². The second-order valence-electron chi connectivity index (χ2n) is 2.16. The van der Waals surface area contributed by atoms with E-state index in [1.165, 1.54) is 0 Å². The minimum absolute atomic E-state index is 0. The second kappa shape index (κ2) is 8.94. The maximum atomic E-state index is 10.3. The van der Waals surface area contributed by atoms with E-state index in [4.69, 9.17) is 0 Å². The fourth-order valence-electron chi connectivity index (χ4n) is 0.691. The third-order valence-corrected chi connectivity index (χ3v) is 1.32. The van der Waals surface area contributed by atoms with E-state index in [0.717, 1.165) is 12.8 Å². The van der Waals surface area contributed by atoms with Crippen LogP contribution in [0, 0.1) is 0 Å². The Kier molecular flexibility index (Phi) is 11.7. The molecule has 0 aromatic carbocycles. The van der Waals surface area contributed by atoms with Gasteiger partial charge in [0, 0.05) is 0 Å². The first-order valence-electron chi connectivity index (χ1n) is 3.62. The van der Waals surface area contributed by atoms with Crippen LogP contribution in [0.4, 0.5) is 0 Å². The Labute approximate surface area is 110 Å². The van der Waals surface area contributed by atoms with E-state index >= 15 is 0 Å². The summed E-state index contributed by atoms with van der Waals surface area (Å²) < 4.78 is 0. The molecule has 2 nitrogen and oxygen atoms in total. The first-order chi connectivity index (χ1) is 4.72. The summed E-state index contributed by atoms with van der Waals surface area (Å²) in [6, 6.07) is 0. The number of rotatable bonds is 4. The SMILES string of the molecule is CCCC=C(CC)C(=O)[O-].[K+]. The Morgan fingerprint density at radius 2 is 2.00 bits per heavy atom. The predicted molar refractivity (Wildman–Crippen MR) is 38.3 cm³/mol. The van der Waals surface area contributed by atoms with E-state index in [0.29, 0.717) is 12.0 Å². The minimum atomic E-state index is -1.03. The molecule has 0 aliphatic carbocycles. The number of carboxylic acids is 1. The summed E-state index contributed by atoms with van der Waals surface area (Å²) in [5.74, 6) is -1.03. The molecule has 0 unspecified atom stereocenters. The second-order valence-corrected chi connectivity index (χ2v) is 2.16. The fourth-order valence-corrected chi connectivity index (χ4v) is 0.691. The van der Waals surface area contributed by atoms with Gasteiger partial charge >= 0.3 is 51.4 Å². The average Bonchev–Trinajstić information content (AvgIpc) is 1.89. The summed E-state index contributed by atoms with van der Waals surface area (Å²) >= 11 is 0. The number of unbranched alkanes of at least 4 members (excludes halogenated alkanes) is 1. The Balaban J connectivity index is 0. The molecule has 0 aromatic rings. The number of hydrogen-bond donors (Lipinski definition) is 0. The molecule has 0 radical (unpaired) electrons. The van der Waals surface area contributed by atoms with Gasteiger partial charge in [0.15, 0.2) is 0 Å². The van der Waals surface area contributed by atoms with E-state index in [9.17, 15) is 9.90 Å². The zero-order valence-corrected chi connectivity index (χ0v) is 10.6. The summed E-state index contributed by atoms with van der Waals surface area (Å²) in [5.41, 5.74) is 0.418. The molecule has 0 saturated heterocycles. The Hall–Kier alpha value is 0.846. The van der Waals surface area contributed by atoms with Crippen molar-refractivity contribution in [3.05, 3.63) is 11.6 Å². The van der Waals surface area contributed by atoms with E-state index in [2.05, 4.69) is 0 Å². The van der Waals surface area contributed by atoms with E-state index in [1.807, 2.05) is 13.8 Å². The van der Waals surface area contributed by atoms with Crippen LogP contribution >= 0.6 is 0 Å². The van der Waals surface area contributed by atoms with Gasteiger partial charge in [-0.3, -0.25) is 0 Å². The summed E-state index contributed by atoms with van der Waals surface area (Å²) in [4.78, 5) is 10.3. The zero-order valence-electron chi connectivity index (χ0n) is 7.52. The monoisotopic (exact) mass is 180 g/mol. The smallest absolute Gasteiger partial charge is 0.545 e. The van der Waals surface area contributed by atoms with Crippen molar-refractivity contribution in [1.29, 1.82) is 0 Å². The first kappa shape index (κ1) is 14.4. The van der Waals surface area contributed by atoms with Crippen molar-refractivity contribution in [3.8, 4) is 0 Å². The van der Waals surface area contributed by atoms with E-state index in [1.54, 1.807) is 6.08 Å².